The Balaban J connectivity index is 2.19. The topological polar surface area (TPSA) is 37.4 Å². The van der Waals surface area contributed by atoms with Crippen molar-refractivity contribution in [2.45, 2.75) is 3.12 Å². The highest BCUT2D eigenvalue weighted by Gasteiger charge is 2.37. The Labute approximate surface area is 120 Å². The monoisotopic (exact) mass is 327 g/mol. The van der Waals surface area contributed by atoms with Crippen molar-refractivity contribution in [3.8, 4) is 0 Å². The van der Waals surface area contributed by atoms with Crippen LogP contribution in [0.3, 0.4) is 0 Å². The largest absolute Gasteiger partial charge is 0.272 e. The fourth-order valence-corrected chi connectivity index (χ4v) is 3.45. The number of fused-ring (bicyclic) bond motifs is 1. The van der Waals surface area contributed by atoms with Crippen LogP contribution in [0.5, 0.6) is 0 Å². The number of alkyl halides is 3. The summed E-state index contributed by atoms with van der Waals surface area (Å²) in [6, 6.07) is 6.58. The zero-order chi connectivity index (χ0) is 12.6. The van der Waals surface area contributed by atoms with E-state index in [2.05, 4.69) is 0 Å². The number of rotatable bonds is 2. The number of imide groups is 1. The second-order valence-electron chi connectivity index (χ2n) is 3.05. The van der Waals surface area contributed by atoms with Gasteiger partial charge in [-0.25, -0.2) is 4.31 Å². The standard InChI is InChI=1S/C9H4Cl3NO2S2/c10-9(11,12)16-17-13-7(14)5-3-1-2-4-6(5)8(13)15/h1-4H. The molecule has 8 heteroatoms. The van der Waals surface area contributed by atoms with Crippen molar-refractivity contribution in [2.24, 2.45) is 0 Å². The van der Waals surface area contributed by atoms with Gasteiger partial charge in [0.25, 0.3) is 11.8 Å². The van der Waals surface area contributed by atoms with Crippen molar-refractivity contribution in [1.29, 1.82) is 0 Å². The molecule has 90 valence electrons. The summed E-state index contributed by atoms with van der Waals surface area (Å²) in [7, 11) is 1.63. The molecule has 2 rings (SSSR count). The van der Waals surface area contributed by atoms with Crippen molar-refractivity contribution in [1.82, 2.24) is 4.31 Å². The highest BCUT2D eigenvalue weighted by molar-refractivity contribution is 8.77. The Morgan fingerprint density at radius 3 is 1.88 bits per heavy atom. The van der Waals surface area contributed by atoms with Gasteiger partial charge >= 0.3 is 0 Å². The minimum Gasteiger partial charge on any atom is -0.268 e. The summed E-state index contributed by atoms with van der Waals surface area (Å²) in [5, 5.41) is 0. The van der Waals surface area contributed by atoms with Crippen LogP contribution in [0, 0.1) is 0 Å². The summed E-state index contributed by atoms with van der Waals surface area (Å²) in [5.74, 6) is -0.783. The Bertz CT molecular complexity index is 454. The molecule has 0 saturated heterocycles. The molecule has 2 amide bonds. The van der Waals surface area contributed by atoms with Gasteiger partial charge in [0.1, 0.15) is 0 Å². The molecule has 0 aliphatic carbocycles. The van der Waals surface area contributed by atoms with Crippen LogP contribution in [0.15, 0.2) is 24.3 Å². The quantitative estimate of drug-likeness (QED) is 0.357. The minimum absolute atomic E-state index is 0.370. The van der Waals surface area contributed by atoms with E-state index in [1.807, 2.05) is 0 Å². The molecule has 3 nitrogen and oxygen atoms in total. The summed E-state index contributed by atoms with van der Waals surface area (Å²) in [5.41, 5.74) is 0.741. The zero-order valence-electron chi connectivity index (χ0n) is 8.02. The van der Waals surface area contributed by atoms with Crippen LogP contribution < -0.4 is 0 Å². The number of halogens is 3. The number of amides is 2. The number of benzene rings is 1. The molecule has 0 spiro atoms. The molecular formula is C9H4Cl3NO2S2. The third kappa shape index (κ3) is 2.85. The smallest absolute Gasteiger partial charge is 0.268 e. The zero-order valence-corrected chi connectivity index (χ0v) is 11.9. The van der Waals surface area contributed by atoms with Crippen molar-refractivity contribution in [3.05, 3.63) is 35.4 Å². The predicted octanol–water partition coefficient (Wildman–Crippen LogP) is 3.91. The summed E-state index contributed by atoms with van der Waals surface area (Å²) in [6.45, 7) is 0. The highest BCUT2D eigenvalue weighted by atomic mass is 35.6. The van der Waals surface area contributed by atoms with Gasteiger partial charge in [-0.2, -0.15) is 0 Å². The van der Waals surface area contributed by atoms with E-state index in [4.69, 9.17) is 34.8 Å². The molecule has 1 aromatic rings. The lowest BCUT2D eigenvalue weighted by Crippen LogP contribution is -2.21. The molecule has 0 unspecified atom stereocenters. The van der Waals surface area contributed by atoms with Crippen molar-refractivity contribution >= 4 is 68.4 Å². The third-order valence-electron chi connectivity index (χ3n) is 1.96. The van der Waals surface area contributed by atoms with Gasteiger partial charge in [-0.05, 0) is 22.9 Å². The van der Waals surface area contributed by atoms with Crippen molar-refractivity contribution in [3.63, 3.8) is 0 Å². The first-order valence-corrected chi connectivity index (χ1v) is 7.54. The predicted molar refractivity (Wildman–Crippen MR) is 72.4 cm³/mol. The van der Waals surface area contributed by atoms with E-state index in [9.17, 15) is 9.59 Å². The molecule has 1 heterocycles. The maximum atomic E-state index is 11.9. The van der Waals surface area contributed by atoms with Gasteiger partial charge in [0.2, 0.25) is 3.12 Å². The Morgan fingerprint density at radius 1 is 1.00 bits per heavy atom. The van der Waals surface area contributed by atoms with Crippen LogP contribution in [0.2, 0.25) is 0 Å². The number of hydrogen-bond donors (Lipinski definition) is 0. The fraction of sp³-hybridized carbons (Fsp3) is 0.111. The Hall–Kier alpha value is -0.0700. The molecule has 1 aromatic carbocycles. The molecule has 0 N–H and O–H groups in total. The number of carbonyl (C=O) groups is 2. The lowest BCUT2D eigenvalue weighted by molar-refractivity contribution is 0.0779. The maximum absolute atomic E-state index is 11.9. The van der Waals surface area contributed by atoms with Crippen LogP contribution in [-0.2, 0) is 0 Å². The summed E-state index contributed by atoms with van der Waals surface area (Å²) >= 11 is 16.6. The third-order valence-corrected chi connectivity index (χ3v) is 5.65. The van der Waals surface area contributed by atoms with E-state index < -0.39 is 14.9 Å². The Kier molecular flexibility index (Phi) is 3.85. The van der Waals surface area contributed by atoms with E-state index in [0.29, 0.717) is 11.1 Å². The molecule has 0 radical (unpaired) electrons. The van der Waals surface area contributed by atoms with Gasteiger partial charge in [0.05, 0.1) is 11.1 Å². The number of nitrogens with zero attached hydrogens (tertiary/aromatic N) is 1. The molecule has 17 heavy (non-hydrogen) atoms. The molecule has 0 aromatic heterocycles. The maximum Gasteiger partial charge on any atom is 0.272 e. The first-order chi connectivity index (χ1) is 7.90. The molecule has 0 bridgehead atoms. The van der Waals surface area contributed by atoms with Crippen LogP contribution in [-0.4, -0.2) is 19.2 Å². The van der Waals surface area contributed by atoms with Crippen molar-refractivity contribution in [2.75, 3.05) is 0 Å². The van der Waals surface area contributed by atoms with E-state index in [1.54, 1.807) is 24.3 Å². The lowest BCUT2D eigenvalue weighted by Gasteiger charge is -2.14. The summed E-state index contributed by atoms with van der Waals surface area (Å²) in [4.78, 5) is 23.7. The van der Waals surface area contributed by atoms with Gasteiger partial charge in [-0.15, -0.1) is 0 Å². The first kappa shape index (κ1) is 13.4. The van der Waals surface area contributed by atoms with E-state index in [-0.39, 0.29) is 0 Å². The average Bonchev–Trinajstić information content (AvgIpc) is 2.49. The number of hydrogen-bond acceptors (Lipinski definition) is 4. The second-order valence-corrected chi connectivity index (χ2v) is 8.25. The fourth-order valence-electron chi connectivity index (χ4n) is 1.31. The van der Waals surface area contributed by atoms with Crippen LogP contribution in [0.4, 0.5) is 0 Å². The van der Waals surface area contributed by atoms with Crippen molar-refractivity contribution < 1.29 is 9.59 Å². The van der Waals surface area contributed by atoms with Crippen LogP contribution in [0.25, 0.3) is 0 Å². The average molecular weight is 329 g/mol. The van der Waals surface area contributed by atoms with Gasteiger partial charge in [0.15, 0.2) is 0 Å². The Morgan fingerprint density at radius 2 is 1.47 bits per heavy atom. The number of carbonyl (C=O) groups excluding carboxylic acids is 2. The SMILES string of the molecule is O=C1c2ccccc2C(=O)N1SSC(Cl)(Cl)Cl. The minimum atomic E-state index is -1.58. The summed E-state index contributed by atoms with van der Waals surface area (Å²) in [6.07, 6.45) is 0. The molecule has 0 atom stereocenters. The molecular weight excluding hydrogens is 325 g/mol. The van der Waals surface area contributed by atoms with E-state index >= 15 is 0 Å². The van der Waals surface area contributed by atoms with Gasteiger partial charge in [-0.1, -0.05) is 46.9 Å². The van der Waals surface area contributed by atoms with Gasteiger partial charge in [-0.3, -0.25) is 9.59 Å². The molecule has 1 aliphatic rings. The summed E-state index contributed by atoms with van der Waals surface area (Å²) < 4.78 is -0.600. The molecule has 1 aliphatic heterocycles. The second kappa shape index (κ2) is 4.90. The highest BCUT2D eigenvalue weighted by Crippen LogP contribution is 2.48. The first-order valence-electron chi connectivity index (χ1n) is 4.30. The van der Waals surface area contributed by atoms with E-state index in [1.165, 1.54) is 0 Å². The normalized spacial score (nSPS) is 15.4. The van der Waals surface area contributed by atoms with E-state index in [0.717, 1.165) is 26.1 Å². The molecule has 0 fully saturated rings. The lowest BCUT2D eigenvalue weighted by atomic mass is 10.1. The molecule has 0 saturated carbocycles. The van der Waals surface area contributed by atoms with Gasteiger partial charge < -0.3 is 0 Å². The van der Waals surface area contributed by atoms with Crippen LogP contribution >= 0.6 is 56.6 Å². The van der Waals surface area contributed by atoms with Gasteiger partial charge in [0, 0.05) is 11.0 Å². The van der Waals surface area contributed by atoms with Crippen LogP contribution in [0.1, 0.15) is 20.7 Å².